The molecule has 0 saturated heterocycles. The van der Waals surface area contributed by atoms with Crippen LogP contribution in [0.15, 0.2) is 68.2 Å². The zero-order valence-electron chi connectivity index (χ0n) is 14.3. The van der Waals surface area contributed by atoms with Crippen LogP contribution in [0.2, 0.25) is 0 Å². The second-order valence-corrected chi connectivity index (χ2v) is 7.58. The number of aliphatic imine (C=N–C) groups is 1. The number of carbonyl (C=O) groups is 1. The van der Waals surface area contributed by atoms with Crippen molar-refractivity contribution in [3.8, 4) is 5.75 Å². The summed E-state index contributed by atoms with van der Waals surface area (Å²) in [6.45, 7) is 6.07. The molecule has 1 heterocycles. The fourth-order valence-corrected chi connectivity index (χ4v) is 3.76. The second-order valence-electron chi connectivity index (χ2n) is 5.88. The third-order valence-corrected chi connectivity index (χ3v) is 4.69. The highest BCUT2D eigenvalue weighted by Crippen LogP contribution is 2.36. The largest absolute Gasteiger partial charge is 0.487 e. The van der Waals surface area contributed by atoms with E-state index in [1.807, 2.05) is 6.92 Å². The first-order chi connectivity index (χ1) is 12.8. The molecule has 2 aromatic carbocycles. The van der Waals surface area contributed by atoms with Crippen LogP contribution in [0.25, 0.3) is 6.08 Å². The average Bonchev–Trinajstić information content (AvgIpc) is 2.94. The summed E-state index contributed by atoms with van der Waals surface area (Å²) in [5.41, 5.74) is 1.81. The highest BCUT2D eigenvalue weighted by molar-refractivity contribution is 9.11. The van der Waals surface area contributed by atoms with Crippen LogP contribution in [0.1, 0.15) is 18.1 Å². The van der Waals surface area contributed by atoms with Crippen molar-refractivity contribution in [2.45, 2.75) is 6.92 Å². The van der Waals surface area contributed by atoms with Crippen LogP contribution < -0.4 is 4.74 Å². The smallest absolute Gasteiger partial charge is 0.363 e. The zero-order chi connectivity index (χ0) is 19.6. The van der Waals surface area contributed by atoms with Gasteiger partial charge in [-0.3, -0.25) is 0 Å². The molecule has 0 aliphatic carbocycles. The van der Waals surface area contributed by atoms with Gasteiger partial charge in [0.2, 0.25) is 5.90 Å². The Hall–Kier alpha value is -2.25. The van der Waals surface area contributed by atoms with Gasteiger partial charge in [0.15, 0.2) is 5.70 Å². The van der Waals surface area contributed by atoms with Gasteiger partial charge in [-0.15, -0.1) is 0 Å². The van der Waals surface area contributed by atoms with Crippen LogP contribution in [0.3, 0.4) is 0 Å². The maximum atomic E-state index is 13.9. The molecule has 0 saturated carbocycles. The summed E-state index contributed by atoms with van der Waals surface area (Å²) in [7, 11) is 0. The van der Waals surface area contributed by atoms with Crippen LogP contribution in [0.5, 0.6) is 5.75 Å². The van der Waals surface area contributed by atoms with Gasteiger partial charge in [-0.1, -0.05) is 18.7 Å². The molecule has 2 aromatic rings. The highest BCUT2D eigenvalue weighted by Gasteiger charge is 2.26. The Labute approximate surface area is 172 Å². The lowest BCUT2D eigenvalue weighted by atomic mass is 10.2. The van der Waals surface area contributed by atoms with E-state index in [2.05, 4.69) is 43.4 Å². The third kappa shape index (κ3) is 4.54. The second kappa shape index (κ2) is 8.19. The van der Waals surface area contributed by atoms with Gasteiger partial charge in [-0.25, -0.2) is 14.2 Å². The lowest BCUT2D eigenvalue weighted by Crippen LogP contribution is -2.07. The van der Waals surface area contributed by atoms with E-state index < -0.39 is 11.8 Å². The predicted molar refractivity (Wildman–Crippen MR) is 109 cm³/mol. The van der Waals surface area contributed by atoms with Crippen LogP contribution >= 0.6 is 31.9 Å². The van der Waals surface area contributed by atoms with Crippen molar-refractivity contribution in [1.29, 1.82) is 0 Å². The minimum Gasteiger partial charge on any atom is -0.487 e. The first kappa shape index (κ1) is 19.5. The molecule has 1 aliphatic rings. The van der Waals surface area contributed by atoms with Crippen LogP contribution in [0.4, 0.5) is 4.39 Å². The minimum atomic E-state index is -0.636. The lowest BCUT2D eigenvalue weighted by molar-refractivity contribution is -0.129. The van der Waals surface area contributed by atoms with Crippen molar-refractivity contribution < 1.29 is 18.7 Å². The Bertz CT molecular complexity index is 975. The molecule has 7 heteroatoms. The molecule has 4 nitrogen and oxygen atoms in total. The van der Waals surface area contributed by atoms with Crippen molar-refractivity contribution in [2.24, 2.45) is 4.99 Å². The van der Waals surface area contributed by atoms with Crippen LogP contribution in [-0.2, 0) is 9.53 Å². The average molecular weight is 495 g/mol. The Morgan fingerprint density at radius 1 is 1.30 bits per heavy atom. The summed E-state index contributed by atoms with van der Waals surface area (Å²) in [6, 6.07) is 9.56. The molecule has 0 fully saturated rings. The van der Waals surface area contributed by atoms with E-state index in [-0.39, 0.29) is 17.2 Å². The highest BCUT2D eigenvalue weighted by atomic mass is 79.9. The van der Waals surface area contributed by atoms with E-state index in [9.17, 15) is 9.18 Å². The summed E-state index contributed by atoms with van der Waals surface area (Å²) in [5.74, 6) is -0.563. The van der Waals surface area contributed by atoms with E-state index in [1.54, 1.807) is 30.3 Å². The Balaban J connectivity index is 1.91. The van der Waals surface area contributed by atoms with Gasteiger partial charge in [0, 0.05) is 0 Å². The number of cyclic esters (lactones) is 1. The SMILES string of the molecule is C=C(C)COc1c(Br)cc(/C=C2\N=C(c3ccccc3F)OC2=O)cc1Br. The molecule has 0 unspecified atom stereocenters. The number of esters is 1. The molecule has 3 rings (SSSR count). The van der Waals surface area contributed by atoms with E-state index in [4.69, 9.17) is 9.47 Å². The summed E-state index contributed by atoms with van der Waals surface area (Å²) >= 11 is 6.91. The normalized spacial score (nSPS) is 14.9. The van der Waals surface area contributed by atoms with Crippen molar-refractivity contribution in [2.75, 3.05) is 6.61 Å². The molecule has 1 aliphatic heterocycles. The van der Waals surface area contributed by atoms with Gasteiger partial charge in [-0.2, -0.15) is 0 Å². The first-order valence-electron chi connectivity index (χ1n) is 7.89. The predicted octanol–water partition coefficient (Wildman–Crippen LogP) is 5.65. The lowest BCUT2D eigenvalue weighted by Gasteiger charge is -2.11. The summed E-state index contributed by atoms with van der Waals surface area (Å²) in [5, 5.41) is 0. The molecule has 0 spiro atoms. The molecule has 0 aromatic heterocycles. The molecule has 27 heavy (non-hydrogen) atoms. The van der Waals surface area contributed by atoms with Crippen molar-refractivity contribution in [1.82, 2.24) is 0 Å². The van der Waals surface area contributed by atoms with Crippen LogP contribution in [-0.4, -0.2) is 18.5 Å². The number of rotatable bonds is 5. The number of ether oxygens (including phenoxy) is 2. The monoisotopic (exact) mass is 493 g/mol. The van der Waals surface area contributed by atoms with Gasteiger partial charge in [0.1, 0.15) is 18.2 Å². The summed E-state index contributed by atoms with van der Waals surface area (Å²) in [6.07, 6.45) is 1.56. The van der Waals surface area contributed by atoms with E-state index in [0.29, 0.717) is 26.9 Å². The van der Waals surface area contributed by atoms with Gasteiger partial charge in [-0.05, 0) is 80.3 Å². The maximum Gasteiger partial charge on any atom is 0.363 e. The topological polar surface area (TPSA) is 47.9 Å². The van der Waals surface area contributed by atoms with Crippen molar-refractivity contribution in [3.63, 3.8) is 0 Å². The fourth-order valence-electron chi connectivity index (χ4n) is 2.31. The van der Waals surface area contributed by atoms with E-state index in [0.717, 1.165) is 5.57 Å². The number of nitrogens with zero attached hydrogens (tertiary/aromatic N) is 1. The molecule has 0 bridgehead atoms. The van der Waals surface area contributed by atoms with Gasteiger partial charge < -0.3 is 9.47 Å². The van der Waals surface area contributed by atoms with E-state index >= 15 is 0 Å². The zero-order valence-corrected chi connectivity index (χ0v) is 17.4. The molecule has 0 N–H and O–H groups in total. The Morgan fingerprint density at radius 2 is 1.96 bits per heavy atom. The number of hydrogen-bond acceptors (Lipinski definition) is 4. The Kier molecular flexibility index (Phi) is 5.92. The van der Waals surface area contributed by atoms with Gasteiger partial charge in [0.05, 0.1) is 14.5 Å². The standard InChI is InChI=1S/C20H14Br2FNO3/c1-11(2)10-26-18-14(21)7-12(8-15(18)22)9-17-20(25)27-19(24-17)13-5-3-4-6-16(13)23/h3-9H,1,10H2,2H3/b17-9-. The Morgan fingerprint density at radius 3 is 2.59 bits per heavy atom. The van der Waals surface area contributed by atoms with Gasteiger partial charge in [0.25, 0.3) is 0 Å². The molecular weight excluding hydrogens is 481 g/mol. The van der Waals surface area contributed by atoms with E-state index in [1.165, 1.54) is 12.1 Å². The molecule has 0 amide bonds. The molecule has 0 atom stereocenters. The number of halogens is 3. The van der Waals surface area contributed by atoms with Crippen molar-refractivity contribution in [3.05, 3.63) is 80.1 Å². The fraction of sp³-hybridized carbons (Fsp3) is 0.100. The molecule has 0 radical (unpaired) electrons. The van der Waals surface area contributed by atoms with Crippen LogP contribution in [0, 0.1) is 5.82 Å². The number of benzene rings is 2. The summed E-state index contributed by atoms with van der Waals surface area (Å²) < 4.78 is 26.1. The number of carbonyl (C=O) groups excluding carboxylic acids is 1. The van der Waals surface area contributed by atoms with Gasteiger partial charge >= 0.3 is 5.97 Å². The summed E-state index contributed by atoms with van der Waals surface area (Å²) in [4.78, 5) is 16.2. The minimum absolute atomic E-state index is 0.0520. The maximum absolute atomic E-state index is 13.9. The third-order valence-electron chi connectivity index (χ3n) is 3.51. The number of hydrogen-bond donors (Lipinski definition) is 0. The van der Waals surface area contributed by atoms with Crippen molar-refractivity contribution >= 4 is 49.8 Å². The molecular formula is C20H14Br2FNO3. The molecule has 138 valence electrons. The first-order valence-corrected chi connectivity index (χ1v) is 9.47. The quantitative estimate of drug-likeness (QED) is 0.306.